The average Bonchev–Trinajstić information content (AvgIpc) is 3.00. The van der Waals surface area contributed by atoms with E-state index in [1.165, 1.54) is 18.5 Å². The minimum absolute atomic E-state index is 0.145. The first-order valence-electron chi connectivity index (χ1n) is 8.89. The fraction of sp³-hybridized carbons (Fsp3) is 0.300. The van der Waals surface area contributed by atoms with Crippen LogP contribution in [0.2, 0.25) is 0 Å². The van der Waals surface area contributed by atoms with E-state index in [9.17, 15) is 9.18 Å². The third-order valence-electron chi connectivity index (χ3n) is 4.61. The summed E-state index contributed by atoms with van der Waals surface area (Å²) >= 11 is 0. The number of hydrogen-bond donors (Lipinski definition) is 0. The summed E-state index contributed by atoms with van der Waals surface area (Å²) in [6, 6.07) is 4.56. The molecule has 0 aliphatic carbocycles. The zero-order chi connectivity index (χ0) is 19.1. The maximum atomic E-state index is 14.1. The Morgan fingerprint density at radius 3 is 2.85 bits per heavy atom. The number of nitrogens with zero attached hydrogens (tertiary/aromatic N) is 4. The molecule has 0 saturated carbocycles. The molecule has 1 aliphatic heterocycles. The van der Waals surface area contributed by atoms with Gasteiger partial charge in [-0.3, -0.25) is 4.57 Å². The highest BCUT2D eigenvalue weighted by molar-refractivity contribution is 5.92. The summed E-state index contributed by atoms with van der Waals surface area (Å²) in [7, 11) is 0. The van der Waals surface area contributed by atoms with Crippen molar-refractivity contribution >= 4 is 5.97 Å². The molecule has 0 N–H and O–H groups in total. The number of fused-ring (bicyclic) bond motifs is 5. The molecule has 0 amide bonds. The van der Waals surface area contributed by atoms with Crippen molar-refractivity contribution in [2.75, 3.05) is 6.61 Å². The van der Waals surface area contributed by atoms with Gasteiger partial charge in [-0.25, -0.2) is 24.1 Å². The minimum Gasteiger partial charge on any atom is -0.461 e. The lowest BCUT2D eigenvalue weighted by Crippen LogP contribution is -2.13. The highest BCUT2D eigenvalue weighted by Crippen LogP contribution is 2.37. The molecule has 0 atom stereocenters. The summed E-state index contributed by atoms with van der Waals surface area (Å²) < 4.78 is 21.2. The highest BCUT2D eigenvalue weighted by Gasteiger charge is 2.28. The third kappa shape index (κ3) is 2.79. The van der Waals surface area contributed by atoms with Gasteiger partial charge < -0.3 is 4.74 Å². The van der Waals surface area contributed by atoms with Gasteiger partial charge in [0.15, 0.2) is 5.69 Å². The maximum absolute atomic E-state index is 14.1. The first-order chi connectivity index (χ1) is 13.0. The zero-order valence-electron chi connectivity index (χ0n) is 15.4. The lowest BCUT2D eigenvalue weighted by molar-refractivity contribution is 0.0518. The Labute approximate surface area is 156 Å². The van der Waals surface area contributed by atoms with Gasteiger partial charge in [0, 0.05) is 35.4 Å². The van der Waals surface area contributed by atoms with E-state index < -0.39 is 5.97 Å². The van der Waals surface area contributed by atoms with Crippen molar-refractivity contribution in [3.05, 3.63) is 59.3 Å². The summed E-state index contributed by atoms with van der Waals surface area (Å²) in [6.07, 6.45) is 3.52. The number of aromatic nitrogens is 4. The lowest BCUT2D eigenvalue weighted by Gasteiger charge is -2.15. The van der Waals surface area contributed by atoms with E-state index in [4.69, 9.17) is 4.74 Å². The van der Waals surface area contributed by atoms with Crippen LogP contribution in [0.3, 0.4) is 0 Å². The molecule has 27 heavy (non-hydrogen) atoms. The predicted molar refractivity (Wildman–Crippen MR) is 97.4 cm³/mol. The fourth-order valence-corrected chi connectivity index (χ4v) is 3.47. The van der Waals surface area contributed by atoms with Crippen LogP contribution in [0.15, 0.2) is 30.7 Å². The molecule has 0 unspecified atom stereocenters. The first-order valence-corrected chi connectivity index (χ1v) is 8.89. The van der Waals surface area contributed by atoms with Gasteiger partial charge in [0.2, 0.25) is 0 Å². The van der Waals surface area contributed by atoms with Crippen molar-refractivity contribution in [2.24, 2.45) is 0 Å². The summed E-state index contributed by atoms with van der Waals surface area (Å²) in [6.45, 7) is 6.08. The second-order valence-corrected chi connectivity index (χ2v) is 6.71. The highest BCUT2D eigenvalue weighted by atomic mass is 19.1. The number of imidazole rings is 1. The monoisotopic (exact) mass is 366 g/mol. The van der Waals surface area contributed by atoms with E-state index in [-0.39, 0.29) is 24.0 Å². The molecule has 7 heteroatoms. The van der Waals surface area contributed by atoms with Crippen LogP contribution in [0.5, 0.6) is 0 Å². The number of hydrogen-bond acceptors (Lipinski definition) is 5. The molecule has 0 saturated heterocycles. The van der Waals surface area contributed by atoms with Crippen molar-refractivity contribution in [1.29, 1.82) is 0 Å². The number of carbonyl (C=O) groups is 1. The van der Waals surface area contributed by atoms with Crippen LogP contribution in [-0.2, 0) is 11.2 Å². The van der Waals surface area contributed by atoms with E-state index in [0.29, 0.717) is 23.4 Å². The van der Waals surface area contributed by atoms with Crippen molar-refractivity contribution in [3.63, 3.8) is 0 Å². The smallest absolute Gasteiger partial charge is 0.357 e. The molecule has 6 nitrogen and oxygen atoms in total. The second-order valence-electron chi connectivity index (χ2n) is 6.71. The lowest BCUT2D eigenvalue weighted by atomic mass is 10.0. The third-order valence-corrected chi connectivity index (χ3v) is 4.61. The topological polar surface area (TPSA) is 69.9 Å². The van der Waals surface area contributed by atoms with Crippen LogP contribution in [0.1, 0.15) is 54.3 Å². The maximum Gasteiger partial charge on any atom is 0.357 e. The van der Waals surface area contributed by atoms with Gasteiger partial charge in [-0.05, 0) is 25.1 Å². The summed E-state index contributed by atoms with van der Waals surface area (Å²) in [5, 5.41) is 0. The Morgan fingerprint density at radius 2 is 2.11 bits per heavy atom. The van der Waals surface area contributed by atoms with Crippen LogP contribution >= 0.6 is 0 Å². The van der Waals surface area contributed by atoms with Gasteiger partial charge in [-0.2, -0.15) is 0 Å². The molecular weight excluding hydrogens is 347 g/mol. The molecule has 0 bridgehead atoms. The Balaban J connectivity index is 2.04. The van der Waals surface area contributed by atoms with Crippen LogP contribution < -0.4 is 0 Å². The van der Waals surface area contributed by atoms with Gasteiger partial charge in [0.1, 0.15) is 18.0 Å². The number of ether oxygens (including phenoxy) is 1. The standard InChI is InChI=1S/C20H19FN4O2/c1-4-27-20(26)18-15-8-13-9-22-19(11(2)3)25(13)16-7-12(21)5-6-14(16)17(15)23-10-24-18/h5-7,9-11H,4,8H2,1-3H3. The Hall–Kier alpha value is -3.09. The Bertz CT molecular complexity index is 1040. The summed E-state index contributed by atoms with van der Waals surface area (Å²) in [5.74, 6) is 0.144. The molecule has 1 aliphatic rings. The molecule has 2 aromatic heterocycles. The quantitative estimate of drug-likeness (QED) is 0.518. The average molecular weight is 366 g/mol. The largest absolute Gasteiger partial charge is 0.461 e. The van der Waals surface area contributed by atoms with Crippen molar-refractivity contribution in [1.82, 2.24) is 19.5 Å². The molecule has 0 fully saturated rings. The van der Waals surface area contributed by atoms with E-state index in [1.807, 2.05) is 18.4 Å². The molecule has 0 spiro atoms. The number of carbonyl (C=O) groups excluding carboxylic acids is 1. The second kappa shape index (κ2) is 6.57. The Morgan fingerprint density at radius 1 is 1.30 bits per heavy atom. The van der Waals surface area contributed by atoms with Crippen molar-refractivity contribution < 1.29 is 13.9 Å². The molecular formula is C20H19FN4O2. The SMILES string of the molecule is CCOC(=O)c1ncnc2c1Cc1cnc(C(C)C)n1-c1cc(F)ccc1-2. The van der Waals surface area contributed by atoms with Gasteiger partial charge >= 0.3 is 5.97 Å². The minimum atomic E-state index is -0.489. The van der Waals surface area contributed by atoms with Gasteiger partial charge in [0.05, 0.1) is 18.0 Å². The number of benzene rings is 1. The molecule has 4 rings (SSSR count). The molecule has 1 aromatic carbocycles. The number of esters is 1. The van der Waals surface area contributed by atoms with E-state index in [0.717, 1.165) is 17.1 Å². The first kappa shape index (κ1) is 17.3. The normalized spacial score (nSPS) is 12.2. The van der Waals surface area contributed by atoms with Gasteiger partial charge in [0.25, 0.3) is 0 Å². The van der Waals surface area contributed by atoms with Crippen LogP contribution in [-0.4, -0.2) is 32.1 Å². The molecule has 0 radical (unpaired) electrons. The Kier molecular flexibility index (Phi) is 4.22. The predicted octanol–water partition coefficient (Wildman–Crippen LogP) is 3.67. The van der Waals surface area contributed by atoms with Crippen LogP contribution in [0, 0.1) is 5.82 Å². The van der Waals surface area contributed by atoms with Gasteiger partial charge in [-0.1, -0.05) is 13.8 Å². The van der Waals surface area contributed by atoms with Crippen LogP contribution in [0.4, 0.5) is 4.39 Å². The van der Waals surface area contributed by atoms with Crippen molar-refractivity contribution in [2.45, 2.75) is 33.1 Å². The molecule has 3 heterocycles. The van der Waals surface area contributed by atoms with Gasteiger partial charge in [-0.15, -0.1) is 0 Å². The molecule has 138 valence electrons. The number of rotatable bonds is 3. The fourth-order valence-electron chi connectivity index (χ4n) is 3.47. The zero-order valence-corrected chi connectivity index (χ0v) is 15.4. The van der Waals surface area contributed by atoms with E-state index in [2.05, 4.69) is 15.0 Å². The summed E-state index contributed by atoms with van der Waals surface area (Å²) in [4.78, 5) is 25.5. The summed E-state index contributed by atoms with van der Waals surface area (Å²) in [5.41, 5.74) is 3.76. The van der Waals surface area contributed by atoms with E-state index >= 15 is 0 Å². The van der Waals surface area contributed by atoms with Crippen LogP contribution in [0.25, 0.3) is 16.9 Å². The van der Waals surface area contributed by atoms with E-state index in [1.54, 1.807) is 19.2 Å². The van der Waals surface area contributed by atoms with Crippen molar-refractivity contribution in [3.8, 4) is 16.9 Å². The molecule has 3 aromatic rings. The number of halogens is 1.